The van der Waals surface area contributed by atoms with Crippen LogP contribution in [0.15, 0.2) is 24.4 Å². The first kappa shape index (κ1) is 11.3. The molecule has 1 nitrogen and oxygen atoms in total. The first-order chi connectivity index (χ1) is 7.81. The van der Waals surface area contributed by atoms with Crippen molar-refractivity contribution in [3.05, 3.63) is 35.5 Å². The maximum atomic E-state index is 3.36. The first-order valence-corrected chi connectivity index (χ1v) is 6.38. The molecule has 1 aromatic carbocycles. The maximum absolute atomic E-state index is 3.36. The van der Waals surface area contributed by atoms with E-state index in [-0.39, 0.29) is 0 Å². The topological polar surface area (TPSA) is 15.8 Å². The Kier molecular flexibility index (Phi) is 3.66. The predicted molar refractivity (Wildman–Crippen MR) is 70.9 cm³/mol. The number of rotatable bonds is 5. The van der Waals surface area contributed by atoms with Gasteiger partial charge in [-0.1, -0.05) is 37.8 Å². The standard InChI is InChI=1S/C15H21N/c1-3-4-5-6-7-13-11-16-15-9-8-12(2)10-14(13)15/h8-11,16H,3-7H2,1-2H3. The van der Waals surface area contributed by atoms with E-state index in [1.165, 1.54) is 54.1 Å². The van der Waals surface area contributed by atoms with Crippen LogP contribution in [0.5, 0.6) is 0 Å². The molecule has 0 amide bonds. The fourth-order valence-corrected chi connectivity index (χ4v) is 2.24. The molecule has 0 unspecified atom stereocenters. The molecule has 2 rings (SSSR count). The van der Waals surface area contributed by atoms with Crippen LogP contribution in [-0.2, 0) is 6.42 Å². The van der Waals surface area contributed by atoms with Gasteiger partial charge in [-0.15, -0.1) is 0 Å². The SMILES string of the molecule is CCCCCCc1c[nH]c2ccc(C)cc12. The van der Waals surface area contributed by atoms with Gasteiger partial charge in [-0.05, 0) is 37.5 Å². The molecule has 1 N–H and O–H groups in total. The molecule has 0 spiro atoms. The summed E-state index contributed by atoms with van der Waals surface area (Å²) in [6, 6.07) is 6.64. The van der Waals surface area contributed by atoms with E-state index in [2.05, 4.69) is 43.2 Å². The Balaban J connectivity index is 2.09. The van der Waals surface area contributed by atoms with Crippen molar-refractivity contribution in [2.75, 3.05) is 0 Å². The summed E-state index contributed by atoms with van der Waals surface area (Å²) in [6.45, 7) is 4.42. The number of hydrogen-bond donors (Lipinski definition) is 1. The lowest BCUT2D eigenvalue weighted by atomic mass is 10.0. The van der Waals surface area contributed by atoms with Crippen LogP contribution in [0.4, 0.5) is 0 Å². The second-order valence-corrected chi connectivity index (χ2v) is 4.67. The van der Waals surface area contributed by atoms with Crippen molar-refractivity contribution in [2.24, 2.45) is 0 Å². The van der Waals surface area contributed by atoms with E-state index in [1.54, 1.807) is 0 Å². The van der Waals surface area contributed by atoms with Gasteiger partial charge in [-0.25, -0.2) is 0 Å². The van der Waals surface area contributed by atoms with E-state index in [9.17, 15) is 0 Å². The van der Waals surface area contributed by atoms with Crippen molar-refractivity contribution < 1.29 is 0 Å². The quantitative estimate of drug-likeness (QED) is 0.702. The Morgan fingerprint density at radius 3 is 2.81 bits per heavy atom. The fraction of sp³-hybridized carbons (Fsp3) is 0.467. The molecule has 2 aromatic rings. The molecule has 0 aliphatic carbocycles. The van der Waals surface area contributed by atoms with Crippen molar-refractivity contribution in [2.45, 2.75) is 46.0 Å². The number of H-pyrrole nitrogens is 1. The summed E-state index contributed by atoms with van der Waals surface area (Å²) in [5.74, 6) is 0. The molecule has 0 aliphatic rings. The summed E-state index contributed by atoms with van der Waals surface area (Å²) in [5.41, 5.74) is 4.10. The summed E-state index contributed by atoms with van der Waals surface area (Å²) in [4.78, 5) is 3.36. The number of nitrogens with one attached hydrogen (secondary N) is 1. The van der Waals surface area contributed by atoms with Crippen molar-refractivity contribution >= 4 is 10.9 Å². The van der Waals surface area contributed by atoms with E-state index >= 15 is 0 Å². The molecule has 0 aliphatic heterocycles. The highest BCUT2D eigenvalue weighted by Gasteiger charge is 2.03. The number of fused-ring (bicyclic) bond motifs is 1. The Morgan fingerprint density at radius 2 is 2.00 bits per heavy atom. The molecular formula is C15H21N. The monoisotopic (exact) mass is 215 g/mol. The lowest BCUT2D eigenvalue weighted by Gasteiger charge is -2.00. The molecule has 0 bridgehead atoms. The highest BCUT2D eigenvalue weighted by atomic mass is 14.7. The predicted octanol–water partition coefficient (Wildman–Crippen LogP) is 4.60. The van der Waals surface area contributed by atoms with E-state index in [0.717, 1.165) is 0 Å². The van der Waals surface area contributed by atoms with Crippen LogP contribution in [0, 0.1) is 6.92 Å². The zero-order valence-corrected chi connectivity index (χ0v) is 10.3. The summed E-state index contributed by atoms with van der Waals surface area (Å²) in [6.07, 6.45) is 8.73. The lowest BCUT2D eigenvalue weighted by molar-refractivity contribution is 0.668. The highest BCUT2D eigenvalue weighted by molar-refractivity contribution is 5.83. The summed E-state index contributed by atoms with van der Waals surface area (Å²) < 4.78 is 0. The highest BCUT2D eigenvalue weighted by Crippen LogP contribution is 2.21. The number of unbranched alkanes of at least 4 members (excludes halogenated alkanes) is 3. The minimum atomic E-state index is 1.21. The molecule has 86 valence electrons. The van der Waals surface area contributed by atoms with Gasteiger partial charge in [0.1, 0.15) is 0 Å². The van der Waals surface area contributed by atoms with Crippen LogP contribution < -0.4 is 0 Å². The largest absolute Gasteiger partial charge is 0.361 e. The molecule has 0 saturated carbocycles. The Labute approximate surface area is 97.9 Å². The third-order valence-corrected chi connectivity index (χ3v) is 3.22. The van der Waals surface area contributed by atoms with E-state index in [1.807, 2.05) is 0 Å². The molecule has 0 fully saturated rings. The van der Waals surface area contributed by atoms with Crippen LogP contribution in [0.2, 0.25) is 0 Å². The van der Waals surface area contributed by atoms with Crippen molar-refractivity contribution in [1.29, 1.82) is 0 Å². The lowest BCUT2D eigenvalue weighted by Crippen LogP contribution is -1.84. The van der Waals surface area contributed by atoms with Crippen LogP contribution in [0.1, 0.15) is 43.7 Å². The van der Waals surface area contributed by atoms with Gasteiger partial charge < -0.3 is 4.98 Å². The fourth-order valence-electron chi connectivity index (χ4n) is 2.24. The third-order valence-electron chi connectivity index (χ3n) is 3.22. The smallest absolute Gasteiger partial charge is 0.0456 e. The second-order valence-electron chi connectivity index (χ2n) is 4.67. The Morgan fingerprint density at radius 1 is 1.12 bits per heavy atom. The number of aromatic nitrogens is 1. The zero-order chi connectivity index (χ0) is 11.4. The molecule has 1 heteroatoms. The van der Waals surface area contributed by atoms with Crippen LogP contribution in [0.3, 0.4) is 0 Å². The molecule has 1 heterocycles. The van der Waals surface area contributed by atoms with Gasteiger partial charge in [0.25, 0.3) is 0 Å². The van der Waals surface area contributed by atoms with E-state index in [4.69, 9.17) is 0 Å². The zero-order valence-electron chi connectivity index (χ0n) is 10.3. The Hall–Kier alpha value is -1.24. The minimum Gasteiger partial charge on any atom is -0.361 e. The van der Waals surface area contributed by atoms with Gasteiger partial charge in [0.2, 0.25) is 0 Å². The molecule has 1 aromatic heterocycles. The van der Waals surface area contributed by atoms with Gasteiger partial charge >= 0.3 is 0 Å². The first-order valence-electron chi connectivity index (χ1n) is 6.38. The molecule has 0 atom stereocenters. The molecule has 0 saturated heterocycles. The van der Waals surface area contributed by atoms with Crippen molar-refractivity contribution in [1.82, 2.24) is 4.98 Å². The number of aromatic amines is 1. The third kappa shape index (κ3) is 2.46. The second kappa shape index (κ2) is 5.20. The maximum Gasteiger partial charge on any atom is 0.0456 e. The Bertz CT molecular complexity index is 453. The van der Waals surface area contributed by atoms with Gasteiger partial charge in [0, 0.05) is 17.1 Å². The molecule has 16 heavy (non-hydrogen) atoms. The van der Waals surface area contributed by atoms with Crippen LogP contribution in [-0.4, -0.2) is 4.98 Å². The van der Waals surface area contributed by atoms with Crippen LogP contribution in [0.25, 0.3) is 10.9 Å². The van der Waals surface area contributed by atoms with E-state index < -0.39 is 0 Å². The number of aryl methyl sites for hydroxylation is 2. The van der Waals surface area contributed by atoms with Crippen molar-refractivity contribution in [3.8, 4) is 0 Å². The van der Waals surface area contributed by atoms with Gasteiger partial charge in [0.05, 0.1) is 0 Å². The molecular weight excluding hydrogens is 194 g/mol. The average Bonchev–Trinajstić information content (AvgIpc) is 2.67. The van der Waals surface area contributed by atoms with E-state index in [0.29, 0.717) is 0 Å². The van der Waals surface area contributed by atoms with Crippen LogP contribution >= 0.6 is 0 Å². The summed E-state index contributed by atoms with van der Waals surface area (Å²) >= 11 is 0. The molecule has 0 radical (unpaired) electrons. The van der Waals surface area contributed by atoms with Crippen molar-refractivity contribution in [3.63, 3.8) is 0 Å². The minimum absolute atomic E-state index is 1.21. The van der Waals surface area contributed by atoms with Gasteiger partial charge in [0.15, 0.2) is 0 Å². The number of benzene rings is 1. The normalized spacial score (nSPS) is 11.1. The van der Waals surface area contributed by atoms with Gasteiger partial charge in [-0.2, -0.15) is 0 Å². The summed E-state index contributed by atoms with van der Waals surface area (Å²) in [7, 11) is 0. The average molecular weight is 215 g/mol. The van der Waals surface area contributed by atoms with Gasteiger partial charge in [-0.3, -0.25) is 0 Å². The summed E-state index contributed by atoms with van der Waals surface area (Å²) in [5, 5.41) is 1.41. The number of hydrogen-bond acceptors (Lipinski definition) is 0.